The molecule has 7 nitrogen and oxygen atoms in total. The number of nitrogens with one attached hydrogen (secondary N) is 1. The molecule has 28 heavy (non-hydrogen) atoms. The van der Waals surface area contributed by atoms with Gasteiger partial charge in [-0.1, -0.05) is 18.2 Å². The van der Waals surface area contributed by atoms with Gasteiger partial charge in [0.1, 0.15) is 28.2 Å². The lowest BCUT2D eigenvalue weighted by atomic mass is 9.79. The number of carbonyl (C=O) groups excluding carboxylic acids is 1. The molecule has 5 rings (SSSR count). The van der Waals surface area contributed by atoms with Crippen LogP contribution >= 0.6 is 11.8 Å². The summed E-state index contributed by atoms with van der Waals surface area (Å²) >= 11 is 1.56. The van der Waals surface area contributed by atoms with Gasteiger partial charge in [-0.2, -0.15) is 0 Å². The van der Waals surface area contributed by atoms with Crippen LogP contribution in [0.4, 0.5) is 0 Å². The van der Waals surface area contributed by atoms with Gasteiger partial charge in [-0.25, -0.2) is 15.0 Å². The number of fused-ring (bicyclic) bond motifs is 2. The highest BCUT2D eigenvalue weighted by Crippen LogP contribution is 2.41. The van der Waals surface area contributed by atoms with Crippen LogP contribution < -0.4 is 4.74 Å². The summed E-state index contributed by atoms with van der Waals surface area (Å²) in [6.45, 7) is 1.28. The molecule has 144 valence electrons. The first-order valence-corrected chi connectivity index (χ1v) is 10.5. The van der Waals surface area contributed by atoms with Crippen LogP contribution in [0.1, 0.15) is 31.2 Å². The number of benzene rings is 1. The van der Waals surface area contributed by atoms with Crippen molar-refractivity contribution in [2.45, 2.75) is 42.9 Å². The van der Waals surface area contributed by atoms with Crippen LogP contribution in [0.25, 0.3) is 11.2 Å². The number of amides is 1. The van der Waals surface area contributed by atoms with Crippen LogP contribution in [0.3, 0.4) is 0 Å². The monoisotopic (exact) mass is 395 g/mol. The molecule has 1 aliphatic heterocycles. The summed E-state index contributed by atoms with van der Waals surface area (Å²) < 4.78 is 6.35. The Labute approximate surface area is 166 Å². The van der Waals surface area contributed by atoms with E-state index in [0.29, 0.717) is 30.9 Å². The Balaban J connectivity index is 1.27. The van der Waals surface area contributed by atoms with E-state index in [2.05, 4.69) is 26.0 Å². The number of aromatic nitrogens is 4. The molecular formula is C20H21N5O2S. The topological polar surface area (TPSA) is 84.0 Å². The molecule has 0 bridgehead atoms. The quantitative estimate of drug-likeness (QED) is 0.540. The van der Waals surface area contributed by atoms with Crippen LogP contribution in [-0.2, 0) is 11.3 Å². The highest BCUT2D eigenvalue weighted by molar-refractivity contribution is 7.99. The number of hydrogen-bond acceptors (Lipinski definition) is 6. The Morgan fingerprint density at radius 2 is 2.14 bits per heavy atom. The number of nitrogens with zero attached hydrogens (tertiary/aromatic N) is 4. The number of para-hydroxylation sites is 1. The molecule has 1 fully saturated rings. The zero-order valence-electron chi connectivity index (χ0n) is 15.4. The highest BCUT2D eigenvalue weighted by atomic mass is 32.2. The number of thioether (sulfide) groups is 1. The van der Waals surface area contributed by atoms with E-state index in [0.717, 1.165) is 41.1 Å². The minimum absolute atomic E-state index is 0.161. The number of hydrogen-bond donors (Lipinski definition) is 1. The van der Waals surface area contributed by atoms with Gasteiger partial charge in [0.15, 0.2) is 5.65 Å². The Kier molecular flexibility index (Phi) is 4.43. The lowest BCUT2D eigenvalue weighted by molar-refractivity contribution is -0.135. The molecule has 2 aliphatic rings. The molecule has 8 heteroatoms. The molecule has 0 atom stereocenters. The van der Waals surface area contributed by atoms with Crippen molar-refractivity contribution in [3.63, 3.8) is 0 Å². The second kappa shape index (κ2) is 7.09. The molecule has 1 saturated carbocycles. The number of carbonyl (C=O) groups is 1. The maximum absolute atomic E-state index is 13.0. The van der Waals surface area contributed by atoms with E-state index in [1.165, 1.54) is 6.33 Å². The first-order chi connectivity index (χ1) is 13.7. The molecular weight excluding hydrogens is 374 g/mol. The molecule has 1 aromatic carbocycles. The Morgan fingerprint density at radius 3 is 3.00 bits per heavy atom. The highest BCUT2D eigenvalue weighted by Gasteiger charge is 2.44. The third-order valence-electron chi connectivity index (χ3n) is 5.50. The average molecular weight is 395 g/mol. The van der Waals surface area contributed by atoms with Crippen molar-refractivity contribution in [2.75, 3.05) is 12.3 Å². The second-order valence-electron chi connectivity index (χ2n) is 7.37. The zero-order valence-corrected chi connectivity index (χ0v) is 16.2. The van der Waals surface area contributed by atoms with Gasteiger partial charge in [0, 0.05) is 24.3 Å². The molecule has 3 aromatic rings. The van der Waals surface area contributed by atoms with Gasteiger partial charge < -0.3 is 14.6 Å². The SMILES string of the molecule is O=C(CCSc1ncnc2nc[nH]c12)N1Cc2ccccc2OC2(CCC2)C1. The maximum atomic E-state index is 13.0. The van der Waals surface area contributed by atoms with E-state index < -0.39 is 0 Å². The lowest BCUT2D eigenvalue weighted by Gasteiger charge is -2.43. The fraction of sp³-hybridized carbons (Fsp3) is 0.400. The maximum Gasteiger partial charge on any atom is 0.223 e. The van der Waals surface area contributed by atoms with E-state index in [4.69, 9.17) is 4.74 Å². The summed E-state index contributed by atoms with van der Waals surface area (Å²) in [4.78, 5) is 30.6. The minimum Gasteiger partial charge on any atom is -0.485 e. The summed E-state index contributed by atoms with van der Waals surface area (Å²) in [5, 5.41) is 0.829. The predicted octanol–water partition coefficient (Wildman–Crippen LogP) is 3.18. The van der Waals surface area contributed by atoms with Crippen molar-refractivity contribution in [2.24, 2.45) is 0 Å². The van der Waals surface area contributed by atoms with Crippen LogP contribution in [-0.4, -0.2) is 48.6 Å². The Bertz CT molecular complexity index is 1020. The Morgan fingerprint density at radius 1 is 1.25 bits per heavy atom. The van der Waals surface area contributed by atoms with E-state index in [1.807, 2.05) is 23.1 Å². The van der Waals surface area contributed by atoms with Crippen molar-refractivity contribution < 1.29 is 9.53 Å². The molecule has 1 amide bonds. The molecule has 1 aliphatic carbocycles. The average Bonchev–Trinajstić information content (AvgIpc) is 3.08. The van der Waals surface area contributed by atoms with Gasteiger partial charge in [0.05, 0.1) is 12.9 Å². The second-order valence-corrected chi connectivity index (χ2v) is 8.46. The molecule has 0 unspecified atom stereocenters. The minimum atomic E-state index is -0.204. The van der Waals surface area contributed by atoms with Gasteiger partial charge >= 0.3 is 0 Å². The van der Waals surface area contributed by atoms with Gasteiger partial charge in [0.2, 0.25) is 5.91 Å². The normalized spacial score (nSPS) is 17.6. The third-order valence-corrected chi connectivity index (χ3v) is 6.49. The molecule has 2 aromatic heterocycles. The van der Waals surface area contributed by atoms with Crippen molar-refractivity contribution in [1.29, 1.82) is 0 Å². The van der Waals surface area contributed by atoms with Gasteiger partial charge in [-0.3, -0.25) is 4.79 Å². The molecule has 1 N–H and O–H groups in total. The van der Waals surface area contributed by atoms with Crippen molar-refractivity contribution in [3.05, 3.63) is 42.5 Å². The van der Waals surface area contributed by atoms with E-state index in [-0.39, 0.29) is 11.5 Å². The molecule has 0 radical (unpaired) electrons. The number of ether oxygens (including phenoxy) is 1. The van der Waals surface area contributed by atoms with Crippen LogP contribution in [0, 0.1) is 0 Å². The molecule has 3 heterocycles. The van der Waals surface area contributed by atoms with Gasteiger partial charge in [0.25, 0.3) is 0 Å². The standard InChI is InChI=1S/C20H21N5O2S/c26-16(6-9-28-19-17-18(22-12-21-17)23-13-24-19)25-10-14-4-1-2-5-15(14)27-20(11-25)7-3-8-20/h1-2,4-5,12-13H,3,6-11H2,(H,21,22,23,24). The Hall–Kier alpha value is -2.61. The first-order valence-electron chi connectivity index (χ1n) is 9.54. The number of rotatable bonds is 4. The van der Waals surface area contributed by atoms with Gasteiger partial charge in [-0.05, 0) is 25.3 Å². The number of imidazole rings is 1. The third kappa shape index (κ3) is 3.22. The zero-order chi connectivity index (χ0) is 19.0. The predicted molar refractivity (Wildman–Crippen MR) is 106 cm³/mol. The fourth-order valence-corrected chi connectivity index (χ4v) is 4.75. The van der Waals surface area contributed by atoms with Crippen molar-refractivity contribution in [1.82, 2.24) is 24.8 Å². The van der Waals surface area contributed by atoms with E-state index >= 15 is 0 Å². The largest absolute Gasteiger partial charge is 0.485 e. The van der Waals surface area contributed by atoms with Crippen molar-refractivity contribution >= 4 is 28.8 Å². The van der Waals surface area contributed by atoms with E-state index in [9.17, 15) is 4.79 Å². The summed E-state index contributed by atoms with van der Waals surface area (Å²) in [6, 6.07) is 8.07. The number of H-pyrrole nitrogens is 1. The van der Waals surface area contributed by atoms with Crippen LogP contribution in [0.2, 0.25) is 0 Å². The van der Waals surface area contributed by atoms with Crippen LogP contribution in [0.5, 0.6) is 5.75 Å². The summed E-state index contributed by atoms with van der Waals surface area (Å²) in [7, 11) is 0. The first kappa shape index (κ1) is 17.5. The van der Waals surface area contributed by atoms with Crippen LogP contribution in [0.15, 0.2) is 41.9 Å². The molecule has 0 saturated heterocycles. The van der Waals surface area contributed by atoms with E-state index in [1.54, 1.807) is 18.1 Å². The van der Waals surface area contributed by atoms with Gasteiger partial charge in [-0.15, -0.1) is 11.8 Å². The summed E-state index contributed by atoms with van der Waals surface area (Å²) in [5.74, 6) is 1.75. The summed E-state index contributed by atoms with van der Waals surface area (Å²) in [5.41, 5.74) is 2.36. The fourth-order valence-electron chi connectivity index (χ4n) is 3.86. The molecule has 1 spiro atoms. The van der Waals surface area contributed by atoms with Crippen molar-refractivity contribution in [3.8, 4) is 5.75 Å². The smallest absolute Gasteiger partial charge is 0.223 e. The number of aromatic amines is 1. The lowest BCUT2D eigenvalue weighted by Crippen LogP contribution is -2.52. The summed E-state index contributed by atoms with van der Waals surface area (Å²) in [6.07, 6.45) is 6.77.